The van der Waals surface area contributed by atoms with Crippen LogP contribution < -0.4 is 4.74 Å². The predicted molar refractivity (Wildman–Crippen MR) is 56.2 cm³/mol. The van der Waals surface area contributed by atoms with Crippen LogP contribution in [0.1, 0.15) is 25.0 Å². The number of benzene rings is 1. The fourth-order valence-electron chi connectivity index (χ4n) is 1.10. The van der Waals surface area contributed by atoms with Gasteiger partial charge in [-0.1, -0.05) is 19.9 Å². The first kappa shape index (κ1) is 10.6. The Labute approximate surface area is 85.1 Å². The summed E-state index contributed by atoms with van der Waals surface area (Å²) in [6.07, 6.45) is 0. The molecule has 0 aliphatic heterocycles. The Morgan fingerprint density at radius 2 is 2.14 bits per heavy atom. The van der Waals surface area contributed by atoms with Crippen LogP contribution in [-0.2, 0) is 0 Å². The molecule has 1 aromatic carbocycles. The SMILES string of the molecule is Cc1ccc(C#N)c(OCC(C)C)c1. The van der Waals surface area contributed by atoms with Gasteiger partial charge in [-0.3, -0.25) is 0 Å². The lowest BCUT2D eigenvalue weighted by Crippen LogP contribution is -2.05. The lowest BCUT2D eigenvalue weighted by atomic mass is 10.1. The van der Waals surface area contributed by atoms with Crippen LogP contribution in [0.15, 0.2) is 18.2 Å². The third-order valence-electron chi connectivity index (χ3n) is 1.83. The highest BCUT2D eigenvalue weighted by atomic mass is 16.5. The Balaban J connectivity index is 2.84. The van der Waals surface area contributed by atoms with Crippen molar-refractivity contribution in [3.8, 4) is 11.8 Å². The van der Waals surface area contributed by atoms with Gasteiger partial charge in [-0.15, -0.1) is 0 Å². The molecule has 0 N–H and O–H groups in total. The molecule has 0 spiro atoms. The van der Waals surface area contributed by atoms with Gasteiger partial charge in [0.2, 0.25) is 0 Å². The van der Waals surface area contributed by atoms with E-state index in [1.165, 1.54) is 0 Å². The summed E-state index contributed by atoms with van der Waals surface area (Å²) in [5, 5.41) is 8.84. The van der Waals surface area contributed by atoms with Gasteiger partial charge >= 0.3 is 0 Å². The van der Waals surface area contributed by atoms with Crippen LogP contribution in [-0.4, -0.2) is 6.61 Å². The lowest BCUT2D eigenvalue weighted by molar-refractivity contribution is 0.270. The average molecular weight is 189 g/mol. The number of ether oxygens (including phenoxy) is 1. The summed E-state index contributed by atoms with van der Waals surface area (Å²) in [5.74, 6) is 1.17. The average Bonchev–Trinajstić information content (AvgIpc) is 2.15. The first-order valence-corrected chi connectivity index (χ1v) is 4.77. The third-order valence-corrected chi connectivity index (χ3v) is 1.83. The minimum atomic E-state index is 0.474. The lowest BCUT2D eigenvalue weighted by Gasteiger charge is -2.10. The van der Waals surface area contributed by atoms with Gasteiger partial charge in [-0.25, -0.2) is 0 Å². The van der Waals surface area contributed by atoms with Crippen molar-refractivity contribution in [1.82, 2.24) is 0 Å². The highest BCUT2D eigenvalue weighted by Gasteiger charge is 2.04. The van der Waals surface area contributed by atoms with Gasteiger partial charge in [-0.2, -0.15) is 5.26 Å². The minimum Gasteiger partial charge on any atom is -0.492 e. The molecular formula is C12H15NO. The summed E-state index contributed by atoms with van der Waals surface area (Å²) < 4.78 is 5.55. The molecule has 0 aliphatic rings. The smallest absolute Gasteiger partial charge is 0.137 e. The molecule has 14 heavy (non-hydrogen) atoms. The Kier molecular flexibility index (Phi) is 3.53. The zero-order chi connectivity index (χ0) is 10.6. The Morgan fingerprint density at radius 3 is 2.71 bits per heavy atom. The summed E-state index contributed by atoms with van der Waals surface area (Å²) in [5.41, 5.74) is 1.72. The van der Waals surface area contributed by atoms with E-state index < -0.39 is 0 Å². The van der Waals surface area contributed by atoms with Crippen molar-refractivity contribution in [2.75, 3.05) is 6.61 Å². The molecule has 74 valence electrons. The molecule has 2 heteroatoms. The maximum Gasteiger partial charge on any atom is 0.137 e. The molecule has 0 aliphatic carbocycles. The summed E-state index contributed by atoms with van der Waals surface area (Å²) in [6, 6.07) is 7.74. The predicted octanol–water partition coefficient (Wildman–Crippen LogP) is 2.90. The van der Waals surface area contributed by atoms with Gasteiger partial charge in [-0.05, 0) is 30.5 Å². The zero-order valence-corrected chi connectivity index (χ0v) is 8.87. The number of aryl methyl sites for hydroxylation is 1. The second-order valence-electron chi connectivity index (χ2n) is 3.82. The van der Waals surface area contributed by atoms with Crippen LogP contribution in [0, 0.1) is 24.2 Å². The van der Waals surface area contributed by atoms with Crippen molar-refractivity contribution in [2.45, 2.75) is 20.8 Å². The summed E-state index contributed by atoms with van der Waals surface area (Å²) in [4.78, 5) is 0. The van der Waals surface area contributed by atoms with Crippen molar-refractivity contribution >= 4 is 0 Å². The molecule has 0 amide bonds. The topological polar surface area (TPSA) is 33.0 Å². The van der Waals surface area contributed by atoms with Crippen molar-refractivity contribution < 1.29 is 4.74 Å². The third kappa shape index (κ3) is 2.77. The molecule has 0 bridgehead atoms. The summed E-state index contributed by atoms with van der Waals surface area (Å²) >= 11 is 0. The van der Waals surface area contributed by atoms with Crippen molar-refractivity contribution in [3.63, 3.8) is 0 Å². The van der Waals surface area contributed by atoms with E-state index >= 15 is 0 Å². The number of hydrogen-bond acceptors (Lipinski definition) is 2. The van der Waals surface area contributed by atoms with Crippen molar-refractivity contribution in [1.29, 1.82) is 5.26 Å². The van der Waals surface area contributed by atoms with Crippen LogP contribution in [0.25, 0.3) is 0 Å². The van der Waals surface area contributed by atoms with Gasteiger partial charge in [0.05, 0.1) is 12.2 Å². The second kappa shape index (κ2) is 4.66. The maximum absolute atomic E-state index is 8.84. The molecule has 0 saturated heterocycles. The van der Waals surface area contributed by atoms with E-state index in [4.69, 9.17) is 10.00 Å². The highest BCUT2D eigenvalue weighted by Crippen LogP contribution is 2.19. The Hall–Kier alpha value is -1.49. The second-order valence-corrected chi connectivity index (χ2v) is 3.82. The van der Waals surface area contributed by atoms with E-state index in [0.717, 1.165) is 5.56 Å². The molecule has 0 heterocycles. The fraction of sp³-hybridized carbons (Fsp3) is 0.417. The van der Waals surface area contributed by atoms with Gasteiger partial charge < -0.3 is 4.74 Å². The Morgan fingerprint density at radius 1 is 1.43 bits per heavy atom. The molecule has 0 aromatic heterocycles. The largest absolute Gasteiger partial charge is 0.492 e. The standard InChI is InChI=1S/C12H15NO/c1-9(2)8-14-12-6-10(3)4-5-11(12)7-13/h4-6,9H,8H2,1-3H3. The number of nitrogens with zero attached hydrogens (tertiary/aromatic N) is 1. The van der Waals surface area contributed by atoms with Gasteiger partial charge in [0.15, 0.2) is 0 Å². The van der Waals surface area contributed by atoms with E-state index in [0.29, 0.717) is 23.8 Å². The quantitative estimate of drug-likeness (QED) is 0.732. The van der Waals surface area contributed by atoms with Gasteiger partial charge in [0.25, 0.3) is 0 Å². The van der Waals surface area contributed by atoms with E-state index in [1.54, 1.807) is 6.07 Å². The van der Waals surface area contributed by atoms with Gasteiger partial charge in [0, 0.05) is 0 Å². The van der Waals surface area contributed by atoms with Crippen molar-refractivity contribution in [3.05, 3.63) is 29.3 Å². The molecule has 0 fully saturated rings. The molecule has 0 unspecified atom stereocenters. The summed E-state index contributed by atoms with van der Waals surface area (Å²) in [7, 11) is 0. The van der Waals surface area contributed by atoms with E-state index in [1.807, 2.05) is 19.1 Å². The normalized spacial score (nSPS) is 9.93. The van der Waals surface area contributed by atoms with Crippen LogP contribution in [0.3, 0.4) is 0 Å². The molecule has 0 radical (unpaired) electrons. The van der Waals surface area contributed by atoms with E-state index in [-0.39, 0.29) is 0 Å². The van der Waals surface area contributed by atoms with E-state index in [2.05, 4.69) is 19.9 Å². The van der Waals surface area contributed by atoms with Crippen LogP contribution >= 0.6 is 0 Å². The maximum atomic E-state index is 8.84. The number of rotatable bonds is 3. The molecule has 1 rings (SSSR count). The zero-order valence-electron chi connectivity index (χ0n) is 8.87. The fourth-order valence-corrected chi connectivity index (χ4v) is 1.10. The van der Waals surface area contributed by atoms with Crippen molar-refractivity contribution in [2.24, 2.45) is 5.92 Å². The molecule has 2 nitrogen and oxygen atoms in total. The molecular weight excluding hydrogens is 174 g/mol. The van der Waals surface area contributed by atoms with Crippen LogP contribution in [0.4, 0.5) is 0 Å². The molecule has 0 atom stereocenters. The number of hydrogen-bond donors (Lipinski definition) is 0. The highest BCUT2D eigenvalue weighted by molar-refractivity contribution is 5.44. The molecule has 0 saturated carbocycles. The van der Waals surface area contributed by atoms with E-state index in [9.17, 15) is 0 Å². The van der Waals surface area contributed by atoms with Gasteiger partial charge in [0.1, 0.15) is 11.8 Å². The first-order chi connectivity index (χ1) is 6.63. The first-order valence-electron chi connectivity index (χ1n) is 4.77. The van der Waals surface area contributed by atoms with Crippen LogP contribution in [0.5, 0.6) is 5.75 Å². The minimum absolute atomic E-state index is 0.474. The molecule has 1 aromatic rings. The van der Waals surface area contributed by atoms with Crippen LogP contribution in [0.2, 0.25) is 0 Å². The number of nitriles is 1. The summed E-state index contributed by atoms with van der Waals surface area (Å²) in [6.45, 7) is 6.81. The monoisotopic (exact) mass is 189 g/mol. The Bertz CT molecular complexity index is 350.